The molecule has 0 aromatic carbocycles. The highest BCUT2D eigenvalue weighted by Crippen LogP contribution is 2.20. The minimum absolute atomic E-state index is 0.131. The van der Waals surface area contributed by atoms with E-state index >= 15 is 0 Å². The van der Waals surface area contributed by atoms with Crippen molar-refractivity contribution in [1.29, 1.82) is 0 Å². The van der Waals surface area contributed by atoms with Gasteiger partial charge in [0.1, 0.15) is 0 Å². The van der Waals surface area contributed by atoms with E-state index < -0.39 is 0 Å². The standard InChI is InChI=1S/C15H23N3OS/c19-15(18-9-5-16-6-10-18)14-2-1-7-17(14)8-3-13-4-11-20-12-13/h4,11-12,14,16H,1-3,5-10H2. The summed E-state index contributed by atoms with van der Waals surface area (Å²) in [4.78, 5) is 17.1. The molecule has 2 aliphatic rings. The Bertz CT molecular complexity index is 428. The molecule has 1 unspecified atom stereocenters. The lowest BCUT2D eigenvalue weighted by Gasteiger charge is -2.33. The van der Waals surface area contributed by atoms with E-state index in [2.05, 4.69) is 27.0 Å². The third-order valence-electron chi connectivity index (χ3n) is 4.35. The number of piperazine rings is 1. The Morgan fingerprint density at radius 2 is 2.20 bits per heavy atom. The monoisotopic (exact) mass is 293 g/mol. The normalized spacial score (nSPS) is 24.2. The van der Waals surface area contributed by atoms with Gasteiger partial charge in [-0.25, -0.2) is 0 Å². The quantitative estimate of drug-likeness (QED) is 0.906. The second-order valence-electron chi connectivity index (χ2n) is 5.65. The number of nitrogens with one attached hydrogen (secondary N) is 1. The predicted octanol–water partition coefficient (Wildman–Crippen LogP) is 1.19. The van der Waals surface area contributed by atoms with Gasteiger partial charge < -0.3 is 10.2 Å². The summed E-state index contributed by atoms with van der Waals surface area (Å²) in [5, 5.41) is 7.65. The highest BCUT2D eigenvalue weighted by molar-refractivity contribution is 7.07. The molecule has 1 atom stereocenters. The molecule has 3 rings (SSSR count). The van der Waals surface area contributed by atoms with Crippen molar-refractivity contribution < 1.29 is 4.79 Å². The lowest BCUT2D eigenvalue weighted by Crippen LogP contribution is -2.52. The molecule has 3 heterocycles. The lowest BCUT2D eigenvalue weighted by molar-refractivity contribution is -0.136. The molecular weight excluding hydrogens is 270 g/mol. The molecule has 2 aliphatic heterocycles. The summed E-state index contributed by atoms with van der Waals surface area (Å²) < 4.78 is 0. The first-order valence-corrected chi connectivity index (χ1v) is 8.53. The predicted molar refractivity (Wildman–Crippen MR) is 82.1 cm³/mol. The van der Waals surface area contributed by atoms with Crippen LogP contribution < -0.4 is 5.32 Å². The van der Waals surface area contributed by atoms with Gasteiger partial charge in [0.25, 0.3) is 0 Å². The van der Waals surface area contributed by atoms with Crippen molar-refractivity contribution in [2.24, 2.45) is 0 Å². The van der Waals surface area contributed by atoms with Crippen LogP contribution in [0.15, 0.2) is 16.8 Å². The number of nitrogens with zero attached hydrogens (tertiary/aromatic N) is 2. The number of hydrogen-bond donors (Lipinski definition) is 1. The fourth-order valence-corrected chi connectivity index (χ4v) is 3.88. The lowest BCUT2D eigenvalue weighted by atomic mass is 10.1. The van der Waals surface area contributed by atoms with Crippen LogP contribution in [0.1, 0.15) is 18.4 Å². The Labute approximate surface area is 124 Å². The van der Waals surface area contributed by atoms with Gasteiger partial charge in [0.15, 0.2) is 0 Å². The maximum atomic E-state index is 12.6. The fraction of sp³-hybridized carbons (Fsp3) is 0.667. The Kier molecular flexibility index (Phi) is 4.70. The number of rotatable bonds is 4. The second kappa shape index (κ2) is 6.70. The molecule has 1 N–H and O–H groups in total. The van der Waals surface area contributed by atoms with E-state index in [0.29, 0.717) is 5.91 Å². The fourth-order valence-electron chi connectivity index (χ4n) is 3.18. The van der Waals surface area contributed by atoms with Gasteiger partial charge >= 0.3 is 0 Å². The molecule has 4 nitrogen and oxygen atoms in total. The average molecular weight is 293 g/mol. The number of amides is 1. The summed E-state index contributed by atoms with van der Waals surface area (Å²) in [5.74, 6) is 0.356. The van der Waals surface area contributed by atoms with Crippen LogP contribution in [0, 0.1) is 0 Å². The van der Waals surface area contributed by atoms with Crippen LogP contribution in [0.4, 0.5) is 0 Å². The van der Waals surface area contributed by atoms with E-state index in [1.807, 2.05) is 4.90 Å². The zero-order valence-electron chi connectivity index (χ0n) is 11.9. The van der Waals surface area contributed by atoms with Crippen LogP contribution >= 0.6 is 11.3 Å². The molecule has 0 radical (unpaired) electrons. The van der Waals surface area contributed by atoms with Crippen molar-refractivity contribution >= 4 is 17.2 Å². The molecule has 2 saturated heterocycles. The summed E-state index contributed by atoms with van der Waals surface area (Å²) in [6.07, 6.45) is 3.26. The molecule has 0 bridgehead atoms. The summed E-state index contributed by atoms with van der Waals surface area (Å²) in [5.41, 5.74) is 1.40. The zero-order valence-corrected chi connectivity index (χ0v) is 12.7. The third kappa shape index (κ3) is 3.22. The molecule has 0 saturated carbocycles. The molecule has 0 aliphatic carbocycles. The van der Waals surface area contributed by atoms with Crippen molar-refractivity contribution in [2.75, 3.05) is 39.3 Å². The SMILES string of the molecule is O=C(C1CCCN1CCc1ccsc1)N1CCNCC1. The minimum atomic E-state index is 0.131. The molecule has 5 heteroatoms. The van der Waals surface area contributed by atoms with Crippen LogP contribution in [0.25, 0.3) is 0 Å². The molecular formula is C15H23N3OS. The molecule has 0 spiro atoms. The van der Waals surface area contributed by atoms with Gasteiger partial charge in [-0.15, -0.1) is 0 Å². The van der Waals surface area contributed by atoms with E-state index in [1.165, 1.54) is 5.56 Å². The minimum Gasteiger partial charge on any atom is -0.339 e. The van der Waals surface area contributed by atoms with Gasteiger partial charge in [-0.1, -0.05) is 0 Å². The van der Waals surface area contributed by atoms with Gasteiger partial charge in [0.05, 0.1) is 6.04 Å². The highest BCUT2D eigenvalue weighted by atomic mass is 32.1. The largest absolute Gasteiger partial charge is 0.339 e. The van der Waals surface area contributed by atoms with Crippen LogP contribution in [-0.2, 0) is 11.2 Å². The first kappa shape index (κ1) is 14.0. The molecule has 1 aromatic heterocycles. The summed E-state index contributed by atoms with van der Waals surface area (Å²) >= 11 is 1.75. The molecule has 20 heavy (non-hydrogen) atoms. The smallest absolute Gasteiger partial charge is 0.240 e. The molecule has 110 valence electrons. The Hall–Kier alpha value is -0.910. The van der Waals surface area contributed by atoms with Gasteiger partial charge in [-0.3, -0.25) is 9.69 Å². The Morgan fingerprint density at radius 3 is 2.95 bits per heavy atom. The number of carbonyl (C=O) groups is 1. The third-order valence-corrected chi connectivity index (χ3v) is 5.08. The molecule has 1 aromatic rings. The van der Waals surface area contributed by atoms with E-state index in [0.717, 1.165) is 58.5 Å². The Morgan fingerprint density at radius 1 is 1.35 bits per heavy atom. The van der Waals surface area contributed by atoms with Crippen molar-refractivity contribution in [3.63, 3.8) is 0 Å². The van der Waals surface area contributed by atoms with Gasteiger partial charge in [0.2, 0.25) is 5.91 Å². The van der Waals surface area contributed by atoms with Crippen molar-refractivity contribution in [3.05, 3.63) is 22.4 Å². The van der Waals surface area contributed by atoms with E-state index in [-0.39, 0.29) is 6.04 Å². The van der Waals surface area contributed by atoms with E-state index in [4.69, 9.17) is 0 Å². The zero-order chi connectivity index (χ0) is 13.8. The Balaban J connectivity index is 1.55. The van der Waals surface area contributed by atoms with Crippen molar-refractivity contribution in [1.82, 2.24) is 15.1 Å². The number of likely N-dealkylation sites (tertiary alicyclic amines) is 1. The van der Waals surface area contributed by atoms with Gasteiger partial charge in [0, 0.05) is 32.7 Å². The van der Waals surface area contributed by atoms with Gasteiger partial charge in [-0.05, 0) is 48.2 Å². The first-order valence-electron chi connectivity index (χ1n) is 7.59. The summed E-state index contributed by atoms with van der Waals surface area (Å²) in [6.45, 7) is 5.70. The maximum Gasteiger partial charge on any atom is 0.240 e. The van der Waals surface area contributed by atoms with Crippen LogP contribution in [0.5, 0.6) is 0 Å². The number of thiophene rings is 1. The molecule has 1 amide bonds. The van der Waals surface area contributed by atoms with Crippen molar-refractivity contribution in [3.8, 4) is 0 Å². The number of hydrogen-bond acceptors (Lipinski definition) is 4. The van der Waals surface area contributed by atoms with E-state index in [9.17, 15) is 4.79 Å². The second-order valence-corrected chi connectivity index (χ2v) is 6.43. The van der Waals surface area contributed by atoms with Crippen LogP contribution in [0.2, 0.25) is 0 Å². The van der Waals surface area contributed by atoms with Crippen LogP contribution in [0.3, 0.4) is 0 Å². The van der Waals surface area contributed by atoms with E-state index in [1.54, 1.807) is 11.3 Å². The maximum absolute atomic E-state index is 12.6. The van der Waals surface area contributed by atoms with Crippen LogP contribution in [-0.4, -0.2) is 61.0 Å². The summed E-state index contributed by atoms with van der Waals surface area (Å²) in [7, 11) is 0. The summed E-state index contributed by atoms with van der Waals surface area (Å²) in [6, 6.07) is 2.32. The molecule has 2 fully saturated rings. The van der Waals surface area contributed by atoms with Crippen molar-refractivity contribution in [2.45, 2.75) is 25.3 Å². The number of carbonyl (C=O) groups excluding carboxylic acids is 1. The first-order chi connectivity index (χ1) is 9.84. The highest BCUT2D eigenvalue weighted by Gasteiger charge is 2.33. The topological polar surface area (TPSA) is 35.6 Å². The average Bonchev–Trinajstić information content (AvgIpc) is 3.16. The van der Waals surface area contributed by atoms with Gasteiger partial charge in [-0.2, -0.15) is 11.3 Å².